The highest BCUT2D eigenvalue weighted by molar-refractivity contribution is 8.13. The number of thioether (sulfide) groups is 1. The van der Waals surface area contributed by atoms with Crippen LogP contribution in [0.2, 0.25) is 0 Å². The molecule has 0 radical (unpaired) electrons. The van der Waals surface area contributed by atoms with Crippen LogP contribution in [0.5, 0.6) is 11.5 Å². The quantitative estimate of drug-likeness (QED) is 0.566. The topological polar surface area (TPSA) is 44.8 Å². The Morgan fingerprint density at radius 3 is 2.07 bits per heavy atom. The van der Waals surface area contributed by atoms with E-state index in [1.807, 2.05) is 88.4 Å². The molecule has 1 saturated heterocycles. The third kappa shape index (κ3) is 5.53. The fourth-order valence-electron chi connectivity index (χ4n) is 2.83. The van der Waals surface area contributed by atoms with Gasteiger partial charge in [0.25, 0.3) is 0 Å². The van der Waals surface area contributed by atoms with E-state index in [1.54, 1.807) is 6.92 Å². The minimum absolute atomic E-state index is 0.0685. The third-order valence-electron chi connectivity index (χ3n) is 5.21. The van der Waals surface area contributed by atoms with Crippen molar-refractivity contribution in [1.82, 2.24) is 0 Å². The van der Waals surface area contributed by atoms with Crippen LogP contribution < -0.4 is 4.74 Å². The summed E-state index contributed by atoms with van der Waals surface area (Å²) in [6.45, 7) is 9.68. The summed E-state index contributed by atoms with van der Waals surface area (Å²) in [5, 5.41) is 0.0685. The van der Waals surface area contributed by atoms with Gasteiger partial charge in [0, 0.05) is 12.7 Å². The number of carbonyl (C=O) groups excluding carboxylic acids is 1. The van der Waals surface area contributed by atoms with E-state index >= 15 is 0 Å². The largest absolute Gasteiger partial charge is 0.491 e. The Hall–Kier alpha value is -2.02. The van der Waals surface area contributed by atoms with Crippen LogP contribution in [0.15, 0.2) is 60.1 Å². The second-order valence-corrected chi connectivity index (χ2v) is 9.22. The molecule has 0 aromatic heterocycles. The first-order valence-corrected chi connectivity index (χ1v) is 10.7. The van der Waals surface area contributed by atoms with Gasteiger partial charge < -0.3 is 14.0 Å². The number of hydrogen-bond donors (Lipinski definition) is 0. The molecule has 1 aliphatic rings. The van der Waals surface area contributed by atoms with Gasteiger partial charge in [-0.1, -0.05) is 48.2 Å². The van der Waals surface area contributed by atoms with Crippen LogP contribution in [0.4, 0.5) is 0 Å². The molecule has 29 heavy (non-hydrogen) atoms. The molecule has 2 aromatic carbocycles. The lowest BCUT2D eigenvalue weighted by molar-refractivity contribution is -0.109. The van der Waals surface area contributed by atoms with E-state index in [1.165, 1.54) is 11.8 Å². The van der Waals surface area contributed by atoms with Crippen molar-refractivity contribution in [1.29, 1.82) is 0 Å². The zero-order chi connectivity index (χ0) is 21.1. The highest BCUT2D eigenvalue weighted by Gasteiger charge is 2.52. The first-order chi connectivity index (χ1) is 13.7. The van der Waals surface area contributed by atoms with Gasteiger partial charge in [-0.25, -0.2) is 0 Å². The van der Waals surface area contributed by atoms with Gasteiger partial charge in [-0.05, 0) is 63.0 Å². The van der Waals surface area contributed by atoms with Crippen LogP contribution in [-0.4, -0.2) is 29.2 Å². The minimum atomic E-state index is -0.480. The van der Waals surface area contributed by atoms with Gasteiger partial charge in [0.05, 0.1) is 11.2 Å². The van der Waals surface area contributed by atoms with Crippen molar-refractivity contribution in [3.8, 4) is 11.5 Å². The van der Waals surface area contributed by atoms with Gasteiger partial charge >= 0.3 is 7.12 Å². The van der Waals surface area contributed by atoms with Gasteiger partial charge in [0.2, 0.25) is 0 Å². The van der Waals surface area contributed by atoms with Gasteiger partial charge in [-0.15, -0.1) is 0 Å². The van der Waals surface area contributed by atoms with Crippen molar-refractivity contribution in [2.75, 3.05) is 5.75 Å². The Morgan fingerprint density at radius 1 is 0.966 bits per heavy atom. The number of rotatable bonds is 6. The first-order valence-electron chi connectivity index (χ1n) is 9.69. The minimum Gasteiger partial charge on any atom is -0.457 e. The molecule has 1 fully saturated rings. The third-order valence-corrected chi connectivity index (χ3v) is 6.09. The molecule has 2 aromatic rings. The Balaban J connectivity index is 1.79. The van der Waals surface area contributed by atoms with Crippen LogP contribution in [0.1, 0.15) is 40.2 Å². The standard InChI is InChI=1S/C23H27BO4S/c1-17(25)29-16-19(24-27-22(2,3)23(4,5)28-24)15-18-11-13-21(14-12-18)26-20-9-7-6-8-10-20/h6-15H,16H2,1-5H3. The van der Waals surface area contributed by atoms with Crippen LogP contribution in [0, 0.1) is 0 Å². The normalized spacial score (nSPS) is 18.0. The fourth-order valence-corrected chi connectivity index (χ4v) is 3.42. The van der Waals surface area contributed by atoms with E-state index in [-0.39, 0.29) is 5.12 Å². The zero-order valence-electron chi connectivity index (χ0n) is 17.6. The van der Waals surface area contributed by atoms with Crippen LogP contribution in [-0.2, 0) is 14.1 Å². The lowest BCUT2D eigenvalue weighted by atomic mass is 9.78. The highest BCUT2D eigenvalue weighted by atomic mass is 32.2. The molecule has 0 bridgehead atoms. The molecule has 0 atom stereocenters. The predicted molar refractivity (Wildman–Crippen MR) is 120 cm³/mol. The van der Waals surface area contributed by atoms with E-state index in [4.69, 9.17) is 14.0 Å². The summed E-state index contributed by atoms with van der Waals surface area (Å²) in [5.41, 5.74) is 1.08. The summed E-state index contributed by atoms with van der Waals surface area (Å²) in [4.78, 5) is 11.5. The van der Waals surface area contributed by atoms with Crippen molar-refractivity contribution in [3.63, 3.8) is 0 Å². The summed E-state index contributed by atoms with van der Waals surface area (Å²) in [6.07, 6.45) is 2.03. The highest BCUT2D eigenvalue weighted by Crippen LogP contribution is 2.39. The molecule has 1 aliphatic heterocycles. The summed E-state index contributed by atoms with van der Waals surface area (Å²) in [6, 6.07) is 17.5. The summed E-state index contributed by atoms with van der Waals surface area (Å²) in [5.74, 6) is 2.09. The molecule has 1 heterocycles. The summed E-state index contributed by atoms with van der Waals surface area (Å²) < 4.78 is 18.2. The molecule has 3 rings (SSSR count). The van der Waals surface area contributed by atoms with Gasteiger partial charge in [-0.3, -0.25) is 4.79 Å². The number of ether oxygens (including phenoxy) is 1. The molecule has 152 valence electrons. The van der Waals surface area contributed by atoms with Crippen molar-refractivity contribution in [2.45, 2.75) is 45.8 Å². The van der Waals surface area contributed by atoms with Crippen molar-refractivity contribution >= 4 is 30.1 Å². The second-order valence-electron chi connectivity index (χ2n) is 8.07. The number of carbonyl (C=O) groups is 1. The fraction of sp³-hybridized carbons (Fsp3) is 0.348. The molecule has 0 saturated carbocycles. The Kier molecular flexibility index (Phi) is 6.57. The summed E-state index contributed by atoms with van der Waals surface area (Å²) >= 11 is 1.26. The van der Waals surface area contributed by atoms with E-state index in [2.05, 4.69) is 0 Å². The van der Waals surface area contributed by atoms with Gasteiger partial charge in [0.1, 0.15) is 11.5 Å². The molecular weight excluding hydrogens is 383 g/mol. The number of para-hydroxylation sites is 1. The lowest BCUT2D eigenvalue weighted by Crippen LogP contribution is -2.41. The molecule has 0 unspecified atom stereocenters. The monoisotopic (exact) mass is 410 g/mol. The molecule has 6 heteroatoms. The van der Waals surface area contributed by atoms with Crippen LogP contribution >= 0.6 is 11.8 Å². The van der Waals surface area contributed by atoms with Crippen LogP contribution in [0.3, 0.4) is 0 Å². The van der Waals surface area contributed by atoms with Gasteiger partial charge in [0.15, 0.2) is 5.12 Å². The van der Waals surface area contributed by atoms with E-state index in [9.17, 15) is 4.79 Å². The van der Waals surface area contributed by atoms with E-state index in [0.29, 0.717) is 5.75 Å². The first kappa shape index (κ1) is 21.7. The maximum atomic E-state index is 11.5. The Bertz CT molecular complexity index is 860. The van der Waals surface area contributed by atoms with Gasteiger partial charge in [-0.2, -0.15) is 0 Å². The lowest BCUT2D eigenvalue weighted by Gasteiger charge is -2.32. The predicted octanol–water partition coefficient (Wildman–Crippen LogP) is 5.77. The number of hydrogen-bond acceptors (Lipinski definition) is 5. The Labute approximate surface area is 177 Å². The summed E-state index contributed by atoms with van der Waals surface area (Å²) in [7, 11) is -0.480. The zero-order valence-corrected chi connectivity index (χ0v) is 18.4. The SMILES string of the molecule is CC(=O)SCC(=Cc1ccc(Oc2ccccc2)cc1)B1OC(C)(C)C(C)(C)O1. The molecule has 4 nitrogen and oxygen atoms in total. The maximum absolute atomic E-state index is 11.5. The number of benzene rings is 2. The average Bonchev–Trinajstić information content (AvgIpc) is 2.88. The Morgan fingerprint density at radius 2 is 1.52 bits per heavy atom. The molecule has 0 spiro atoms. The second kappa shape index (κ2) is 8.78. The smallest absolute Gasteiger partial charge is 0.457 e. The van der Waals surface area contributed by atoms with E-state index in [0.717, 1.165) is 22.5 Å². The molecule has 0 N–H and O–H groups in total. The van der Waals surface area contributed by atoms with Crippen molar-refractivity contribution in [3.05, 3.63) is 65.6 Å². The average molecular weight is 410 g/mol. The van der Waals surface area contributed by atoms with Crippen LogP contribution in [0.25, 0.3) is 6.08 Å². The maximum Gasteiger partial charge on any atom is 0.491 e. The molecular formula is C23H27BO4S. The molecule has 0 aliphatic carbocycles. The molecule has 0 amide bonds. The van der Waals surface area contributed by atoms with Crippen molar-refractivity contribution in [2.24, 2.45) is 0 Å². The van der Waals surface area contributed by atoms with E-state index < -0.39 is 18.3 Å². The van der Waals surface area contributed by atoms with Crippen molar-refractivity contribution < 1.29 is 18.8 Å².